The van der Waals surface area contributed by atoms with Gasteiger partial charge in [-0.1, -0.05) is 26.8 Å². The first-order chi connectivity index (χ1) is 17.2. The minimum Gasteiger partial charge on any atom is -0.383 e. The van der Waals surface area contributed by atoms with Crippen LogP contribution >= 0.6 is 11.3 Å². The number of nitrogens with one attached hydrogen (secondary N) is 1. The fourth-order valence-corrected chi connectivity index (χ4v) is 5.91. The van der Waals surface area contributed by atoms with Gasteiger partial charge in [-0.2, -0.15) is 0 Å². The zero-order valence-corrected chi connectivity index (χ0v) is 22.6. The Bertz CT molecular complexity index is 1260. The Labute approximate surface area is 216 Å². The van der Waals surface area contributed by atoms with Crippen molar-refractivity contribution < 1.29 is 9.59 Å². The SMILES string of the molecule is CCc1cc(NC(=O)C(=O)N2C[C@@H](C)CC[C@@H]2c2ccc3sc(C(C)CN(C)C)nc3c2)cnc1N. The van der Waals surface area contributed by atoms with Gasteiger partial charge in [-0.15, -0.1) is 11.3 Å². The number of piperidine rings is 1. The quantitative estimate of drug-likeness (QED) is 0.477. The van der Waals surface area contributed by atoms with Gasteiger partial charge in [0.15, 0.2) is 0 Å². The Morgan fingerprint density at radius 3 is 2.78 bits per heavy atom. The van der Waals surface area contributed by atoms with Crippen LogP contribution in [-0.2, 0) is 16.0 Å². The summed E-state index contributed by atoms with van der Waals surface area (Å²) in [6.45, 7) is 7.76. The number of nitrogens with zero attached hydrogens (tertiary/aromatic N) is 4. The van der Waals surface area contributed by atoms with Crippen molar-refractivity contribution in [2.45, 2.75) is 52.0 Å². The third-order valence-electron chi connectivity index (χ3n) is 6.79. The molecule has 0 aliphatic carbocycles. The molecule has 0 saturated carbocycles. The highest BCUT2D eigenvalue weighted by Crippen LogP contribution is 2.36. The van der Waals surface area contributed by atoms with Crippen LogP contribution in [0, 0.1) is 5.92 Å². The number of benzene rings is 1. The maximum atomic E-state index is 13.4. The van der Waals surface area contributed by atoms with Gasteiger partial charge in [0.1, 0.15) is 5.82 Å². The van der Waals surface area contributed by atoms with E-state index in [4.69, 9.17) is 10.7 Å². The van der Waals surface area contributed by atoms with Gasteiger partial charge in [0, 0.05) is 19.0 Å². The van der Waals surface area contributed by atoms with Crippen LogP contribution in [0.2, 0.25) is 0 Å². The molecule has 36 heavy (non-hydrogen) atoms. The summed E-state index contributed by atoms with van der Waals surface area (Å²) in [4.78, 5) is 39.3. The molecular formula is C27H36N6O2S. The van der Waals surface area contributed by atoms with Crippen LogP contribution in [0.25, 0.3) is 10.2 Å². The lowest BCUT2D eigenvalue weighted by Gasteiger charge is -2.38. The molecular weight excluding hydrogens is 472 g/mol. The molecule has 1 aliphatic heterocycles. The molecule has 2 aromatic heterocycles. The lowest BCUT2D eigenvalue weighted by molar-refractivity contribution is -0.146. The highest BCUT2D eigenvalue weighted by Gasteiger charge is 2.34. The van der Waals surface area contributed by atoms with Crippen molar-refractivity contribution in [2.24, 2.45) is 5.92 Å². The van der Waals surface area contributed by atoms with E-state index in [9.17, 15) is 9.59 Å². The first-order valence-corrected chi connectivity index (χ1v) is 13.4. The first-order valence-electron chi connectivity index (χ1n) is 12.6. The number of pyridine rings is 1. The zero-order chi connectivity index (χ0) is 26.0. The van der Waals surface area contributed by atoms with E-state index in [0.717, 1.165) is 45.7 Å². The van der Waals surface area contributed by atoms with Crippen molar-refractivity contribution in [3.05, 3.63) is 46.6 Å². The minimum atomic E-state index is -0.655. The van der Waals surface area contributed by atoms with E-state index in [-0.39, 0.29) is 6.04 Å². The Hall–Kier alpha value is -3.04. The largest absolute Gasteiger partial charge is 0.383 e. The summed E-state index contributed by atoms with van der Waals surface area (Å²) in [5.74, 6) is -0.0839. The van der Waals surface area contributed by atoms with E-state index in [2.05, 4.69) is 61.3 Å². The van der Waals surface area contributed by atoms with Gasteiger partial charge < -0.3 is 20.9 Å². The molecule has 3 heterocycles. The molecule has 8 nitrogen and oxygen atoms in total. The van der Waals surface area contributed by atoms with Crippen molar-refractivity contribution in [1.82, 2.24) is 19.8 Å². The third-order valence-corrected chi connectivity index (χ3v) is 8.05. The molecule has 0 spiro atoms. The topological polar surface area (TPSA) is 104 Å². The summed E-state index contributed by atoms with van der Waals surface area (Å²) in [7, 11) is 4.14. The van der Waals surface area contributed by atoms with Crippen molar-refractivity contribution in [3.63, 3.8) is 0 Å². The lowest BCUT2D eigenvalue weighted by atomic mass is 9.89. The number of fused-ring (bicyclic) bond motifs is 1. The molecule has 3 atom stereocenters. The molecule has 1 aliphatic rings. The number of thiazole rings is 1. The van der Waals surface area contributed by atoms with Crippen LogP contribution in [0.15, 0.2) is 30.5 Å². The van der Waals surface area contributed by atoms with Gasteiger partial charge in [-0.3, -0.25) is 9.59 Å². The average molecular weight is 509 g/mol. The van der Waals surface area contributed by atoms with Crippen LogP contribution in [0.3, 0.4) is 0 Å². The molecule has 1 fully saturated rings. The van der Waals surface area contributed by atoms with Crippen molar-refractivity contribution in [3.8, 4) is 0 Å². The predicted octanol–water partition coefficient (Wildman–Crippen LogP) is 4.44. The number of hydrogen-bond acceptors (Lipinski definition) is 7. The number of carbonyl (C=O) groups is 2. The maximum absolute atomic E-state index is 13.4. The van der Waals surface area contributed by atoms with Gasteiger partial charge >= 0.3 is 11.8 Å². The number of aryl methyl sites for hydroxylation is 1. The van der Waals surface area contributed by atoms with Crippen molar-refractivity contribution >= 4 is 44.9 Å². The third kappa shape index (κ3) is 5.68. The Balaban J connectivity index is 1.56. The summed E-state index contributed by atoms with van der Waals surface area (Å²) in [5.41, 5.74) is 9.16. The normalized spacial score (nSPS) is 19.0. The number of nitrogen functional groups attached to an aromatic ring is 1. The van der Waals surface area contributed by atoms with Crippen LogP contribution in [0.1, 0.15) is 61.7 Å². The summed E-state index contributed by atoms with van der Waals surface area (Å²) < 4.78 is 1.14. The number of likely N-dealkylation sites (N-methyl/N-ethyl adjacent to an activating group) is 1. The second-order valence-electron chi connectivity index (χ2n) is 10.2. The smallest absolute Gasteiger partial charge is 0.313 e. The molecule has 0 bridgehead atoms. The fraction of sp³-hybridized carbons (Fsp3) is 0.481. The van der Waals surface area contributed by atoms with Gasteiger partial charge in [0.25, 0.3) is 0 Å². The molecule has 1 saturated heterocycles. The van der Waals surface area contributed by atoms with E-state index < -0.39 is 11.8 Å². The second-order valence-corrected chi connectivity index (χ2v) is 11.2. The molecule has 9 heteroatoms. The molecule has 1 aromatic carbocycles. The monoisotopic (exact) mass is 508 g/mol. The van der Waals surface area contributed by atoms with Gasteiger partial charge in [-0.05, 0) is 68.6 Å². The lowest BCUT2D eigenvalue weighted by Crippen LogP contribution is -2.46. The van der Waals surface area contributed by atoms with Crippen molar-refractivity contribution in [2.75, 3.05) is 38.2 Å². The van der Waals surface area contributed by atoms with Crippen LogP contribution in [0.4, 0.5) is 11.5 Å². The average Bonchev–Trinajstić information content (AvgIpc) is 3.28. The summed E-state index contributed by atoms with van der Waals surface area (Å²) in [6, 6.07) is 7.88. The van der Waals surface area contributed by atoms with Crippen LogP contribution in [0.5, 0.6) is 0 Å². The first kappa shape index (κ1) is 26.0. The molecule has 1 unspecified atom stereocenters. The second kappa shape index (κ2) is 10.9. The van der Waals surface area contributed by atoms with E-state index in [0.29, 0.717) is 36.3 Å². The Kier molecular flexibility index (Phi) is 7.90. The number of nitrogens with two attached hydrogens (primary N) is 1. The number of aromatic nitrogens is 2. The van der Waals surface area contributed by atoms with E-state index in [1.165, 1.54) is 6.20 Å². The summed E-state index contributed by atoms with van der Waals surface area (Å²) in [5, 5.41) is 3.84. The summed E-state index contributed by atoms with van der Waals surface area (Å²) >= 11 is 1.72. The van der Waals surface area contributed by atoms with E-state index >= 15 is 0 Å². The van der Waals surface area contributed by atoms with Crippen molar-refractivity contribution in [1.29, 1.82) is 0 Å². The molecule has 4 rings (SSSR count). The van der Waals surface area contributed by atoms with Crippen LogP contribution < -0.4 is 11.1 Å². The molecule has 2 amide bonds. The van der Waals surface area contributed by atoms with E-state index in [1.807, 2.05) is 6.92 Å². The predicted molar refractivity (Wildman–Crippen MR) is 146 cm³/mol. The molecule has 192 valence electrons. The fourth-order valence-electron chi connectivity index (χ4n) is 4.92. The number of amides is 2. The molecule has 3 N–H and O–H groups in total. The van der Waals surface area contributed by atoms with Gasteiger partial charge in [0.05, 0.1) is 33.2 Å². The van der Waals surface area contributed by atoms with E-state index in [1.54, 1.807) is 22.3 Å². The van der Waals surface area contributed by atoms with Gasteiger partial charge in [-0.25, -0.2) is 9.97 Å². The number of carbonyl (C=O) groups excluding carboxylic acids is 2. The molecule has 3 aromatic rings. The minimum absolute atomic E-state index is 0.163. The van der Waals surface area contributed by atoms with Gasteiger partial charge in [0.2, 0.25) is 0 Å². The zero-order valence-electron chi connectivity index (χ0n) is 21.7. The molecule has 0 radical (unpaired) electrons. The number of likely N-dealkylation sites (tertiary alicyclic amines) is 1. The maximum Gasteiger partial charge on any atom is 0.313 e. The number of rotatable bonds is 6. The van der Waals surface area contributed by atoms with Crippen LogP contribution in [-0.4, -0.2) is 58.8 Å². The highest BCUT2D eigenvalue weighted by atomic mass is 32.1. The number of anilines is 2. The standard InChI is InChI=1S/C27H36N6O2S/c1-6-18-11-20(13-29-24(18)28)30-25(34)27(35)33-14-16(2)7-9-22(33)19-8-10-23-21(12-19)31-26(36-23)17(3)15-32(4)5/h8,10-13,16-17,22H,6-7,9,14-15H2,1-5H3,(H2,28,29)(H,30,34)/t16-,17?,22+/m0/s1. The Morgan fingerprint density at radius 1 is 1.28 bits per heavy atom. The number of hydrogen-bond donors (Lipinski definition) is 2. The summed E-state index contributed by atoms with van der Waals surface area (Å²) in [6.07, 6.45) is 3.99. The highest BCUT2D eigenvalue weighted by molar-refractivity contribution is 7.18. The Morgan fingerprint density at radius 2 is 2.06 bits per heavy atom.